The van der Waals surface area contributed by atoms with E-state index in [0.717, 1.165) is 0 Å². The maximum atomic E-state index is 13.8. The largest absolute Gasteiger partial charge is 0.422 e. The molecule has 2 aromatic heterocycles. The highest BCUT2D eigenvalue weighted by atomic mass is 19.4. The SMILES string of the molecule is NC(=O)C(O)c1ccc(-c2noc(-c3onc(-c4ccccc4)c3C(F)(F)F)n2)cc1. The third-order valence-corrected chi connectivity index (χ3v) is 4.40. The van der Waals surface area contributed by atoms with Crippen molar-refractivity contribution < 1.29 is 32.1 Å². The zero-order valence-electron chi connectivity index (χ0n) is 15.5. The van der Waals surface area contributed by atoms with Crippen LogP contribution in [0, 0.1) is 0 Å². The molecule has 8 nitrogen and oxygen atoms in total. The van der Waals surface area contributed by atoms with Crippen LogP contribution in [0.15, 0.2) is 63.6 Å². The van der Waals surface area contributed by atoms with E-state index in [2.05, 4.69) is 15.3 Å². The summed E-state index contributed by atoms with van der Waals surface area (Å²) in [6.45, 7) is 0. The normalized spacial score (nSPS) is 12.6. The number of aromatic nitrogens is 3. The lowest BCUT2D eigenvalue weighted by molar-refractivity contribution is -0.137. The van der Waals surface area contributed by atoms with Crippen LogP contribution in [-0.2, 0) is 11.0 Å². The van der Waals surface area contributed by atoms with Gasteiger partial charge in [-0.3, -0.25) is 4.79 Å². The number of rotatable bonds is 5. The van der Waals surface area contributed by atoms with Crippen molar-refractivity contribution in [2.75, 3.05) is 0 Å². The van der Waals surface area contributed by atoms with Crippen LogP contribution in [0.5, 0.6) is 0 Å². The van der Waals surface area contributed by atoms with Gasteiger partial charge in [0.1, 0.15) is 11.3 Å². The minimum absolute atomic E-state index is 0.0269. The monoisotopic (exact) mass is 430 g/mol. The highest BCUT2D eigenvalue weighted by molar-refractivity contribution is 5.80. The fraction of sp³-hybridized carbons (Fsp3) is 0.100. The zero-order chi connectivity index (χ0) is 22.2. The maximum Gasteiger partial charge on any atom is 0.422 e. The number of amides is 1. The molecule has 158 valence electrons. The molecular weight excluding hydrogens is 417 g/mol. The van der Waals surface area contributed by atoms with Gasteiger partial charge in [0.05, 0.1) is 0 Å². The maximum absolute atomic E-state index is 13.8. The van der Waals surface area contributed by atoms with Crippen LogP contribution in [0.4, 0.5) is 13.2 Å². The molecule has 0 aliphatic heterocycles. The first-order valence-corrected chi connectivity index (χ1v) is 8.80. The molecule has 0 aliphatic carbocycles. The van der Waals surface area contributed by atoms with E-state index < -0.39 is 41.1 Å². The predicted octanol–water partition coefficient (Wildman–Crippen LogP) is 3.60. The van der Waals surface area contributed by atoms with Crippen LogP contribution in [0.1, 0.15) is 17.2 Å². The molecule has 0 fully saturated rings. The van der Waals surface area contributed by atoms with Gasteiger partial charge in [0, 0.05) is 11.1 Å². The van der Waals surface area contributed by atoms with Gasteiger partial charge < -0.3 is 19.9 Å². The van der Waals surface area contributed by atoms with Crippen molar-refractivity contribution in [3.8, 4) is 34.3 Å². The van der Waals surface area contributed by atoms with Crippen molar-refractivity contribution in [2.24, 2.45) is 5.73 Å². The summed E-state index contributed by atoms with van der Waals surface area (Å²) < 4.78 is 51.3. The number of benzene rings is 2. The van der Waals surface area contributed by atoms with Crippen LogP contribution in [0.2, 0.25) is 0 Å². The molecule has 0 bridgehead atoms. The van der Waals surface area contributed by atoms with E-state index in [0.29, 0.717) is 5.56 Å². The zero-order valence-corrected chi connectivity index (χ0v) is 15.5. The molecular formula is C20H13F3N4O4. The Kier molecular flexibility index (Phi) is 5.03. The summed E-state index contributed by atoms with van der Waals surface area (Å²) in [6.07, 6.45) is -6.28. The quantitative estimate of drug-likeness (QED) is 0.495. The third kappa shape index (κ3) is 3.90. The standard InChI is InChI=1S/C20H13F3N4O4/c21-20(22,23)13-14(10-4-2-1-3-5-10)26-30-16(13)19-25-18(27-31-19)12-8-6-11(7-9-12)15(28)17(24)29/h1-9,15,28H,(H2,24,29). The number of halogens is 3. The summed E-state index contributed by atoms with van der Waals surface area (Å²) in [4.78, 5) is 15.0. The minimum Gasteiger partial charge on any atom is -0.378 e. The molecule has 0 aliphatic rings. The second-order valence-corrected chi connectivity index (χ2v) is 6.45. The summed E-state index contributed by atoms with van der Waals surface area (Å²) >= 11 is 0. The van der Waals surface area contributed by atoms with Gasteiger partial charge in [0.25, 0.3) is 11.8 Å². The molecule has 3 N–H and O–H groups in total. The van der Waals surface area contributed by atoms with E-state index in [9.17, 15) is 23.1 Å². The Morgan fingerprint density at radius 1 is 0.968 bits per heavy atom. The van der Waals surface area contributed by atoms with Crippen molar-refractivity contribution >= 4 is 5.91 Å². The van der Waals surface area contributed by atoms with Crippen molar-refractivity contribution in [2.45, 2.75) is 12.3 Å². The summed E-state index contributed by atoms with van der Waals surface area (Å²) in [5.41, 5.74) is 4.34. The Balaban J connectivity index is 1.71. The molecule has 1 unspecified atom stereocenters. The Hall–Kier alpha value is -3.99. The van der Waals surface area contributed by atoms with Gasteiger partial charge in [-0.15, -0.1) is 0 Å². The fourth-order valence-electron chi connectivity index (χ4n) is 2.90. The average molecular weight is 430 g/mol. The van der Waals surface area contributed by atoms with Crippen molar-refractivity contribution in [3.05, 3.63) is 65.7 Å². The second kappa shape index (κ2) is 7.69. The van der Waals surface area contributed by atoms with Gasteiger partial charge >= 0.3 is 6.18 Å². The van der Waals surface area contributed by atoms with Crippen molar-refractivity contribution in [3.63, 3.8) is 0 Å². The number of aliphatic hydroxyl groups excluding tert-OH is 1. The lowest BCUT2D eigenvalue weighted by Crippen LogP contribution is -2.20. The number of carbonyl (C=O) groups is 1. The first kappa shape index (κ1) is 20.3. The van der Waals surface area contributed by atoms with Crippen LogP contribution >= 0.6 is 0 Å². The van der Waals surface area contributed by atoms with E-state index in [1.54, 1.807) is 18.2 Å². The minimum atomic E-state index is -4.79. The number of hydrogen-bond donors (Lipinski definition) is 2. The smallest absolute Gasteiger partial charge is 0.378 e. The Labute approximate surface area is 172 Å². The summed E-state index contributed by atoms with van der Waals surface area (Å²) in [5, 5.41) is 16.9. The number of primary amides is 1. The topological polar surface area (TPSA) is 128 Å². The number of nitrogens with zero attached hydrogens (tertiary/aromatic N) is 3. The third-order valence-electron chi connectivity index (χ3n) is 4.40. The Morgan fingerprint density at radius 2 is 1.65 bits per heavy atom. The molecule has 1 amide bonds. The van der Waals surface area contributed by atoms with Crippen molar-refractivity contribution in [1.29, 1.82) is 0 Å². The number of carbonyl (C=O) groups excluding carboxylic acids is 1. The molecule has 4 rings (SSSR count). The average Bonchev–Trinajstić information content (AvgIpc) is 3.41. The number of aliphatic hydroxyl groups is 1. The van der Waals surface area contributed by atoms with Gasteiger partial charge in [-0.2, -0.15) is 18.2 Å². The van der Waals surface area contributed by atoms with Crippen molar-refractivity contribution in [1.82, 2.24) is 15.3 Å². The van der Waals surface area contributed by atoms with Crippen LogP contribution in [0.3, 0.4) is 0 Å². The number of nitrogens with two attached hydrogens (primary N) is 1. The molecule has 0 saturated heterocycles. The van der Waals surface area contributed by atoms with E-state index >= 15 is 0 Å². The molecule has 4 aromatic rings. The first-order valence-electron chi connectivity index (χ1n) is 8.80. The second-order valence-electron chi connectivity index (χ2n) is 6.45. The summed E-state index contributed by atoms with van der Waals surface area (Å²) in [7, 11) is 0. The van der Waals surface area contributed by atoms with Gasteiger partial charge in [0.15, 0.2) is 6.10 Å². The van der Waals surface area contributed by atoms with Gasteiger partial charge in [-0.1, -0.05) is 64.9 Å². The van der Waals surface area contributed by atoms with Crippen LogP contribution in [0.25, 0.3) is 34.3 Å². The lowest BCUT2D eigenvalue weighted by atomic mass is 10.1. The molecule has 31 heavy (non-hydrogen) atoms. The highest BCUT2D eigenvalue weighted by Gasteiger charge is 2.42. The van der Waals surface area contributed by atoms with E-state index in [4.69, 9.17) is 14.8 Å². The summed E-state index contributed by atoms with van der Waals surface area (Å²) in [5.74, 6) is -2.15. The van der Waals surface area contributed by atoms with Gasteiger partial charge in [-0.25, -0.2) is 0 Å². The first-order chi connectivity index (χ1) is 14.8. The van der Waals surface area contributed by atoms with E-state index in [1.807, 2.05) is 0 Å². The molecule has 11 heteroatoms. The molecule has 0 radical (unpaired) electrons. The Bertz CT molecular complexity index is 1220. The molecule has 0 saturated carbocycles. The number of alkyl halides is 3. The van der Waals surface area contributed by atoms with Crippen LogP contribution in [-0.4, -0.2) is 26.3 Å². The molecule has 0 spiro atoms. The Morgan fingerprint density at radius 3 is 2.26 bits per heavy atom. The van der Waals surface area contributed by atoms with Crippen LogP contribution < -0.4 is 5.73 Å². The van der Waals surface area contributed by atoms with Gasteiger partial charge in [0.2, 0.25) is 11.6 Å². The van der Waals surface area contributed by atoms with E-state index in [1.165, 1.54) is 36.4 Å². The molecule has 1 atom stereocenters. The number of hydrogen-bond acceptors (Lipinski definition) is 7. The highest BCUT2D eigenvalue weighted by Crippen LogP contribution is 2.43. The van der Waals surface area contributed by atoms with E-state index in [-0.39, 0.29) is 17.0 Å². The predicted molar refractivity (Wildman–Crippen MR) is 99.8 cm³/mol. The van der Waals surface area contributed by atoms with Gasteiger partial charge in [-0.05, 0) is 5.56 Å². The molecule has 2 aromatic carbocycles. The molecule has 2 heterocycles. The summed E-state index contributed by atoms with van der Waals surface area (Å²) in [6, 6.07) is 13.5. The fourth-order valence-corrected chi connectivity index (χ4v) is 2.90. The lowest BCUT2D eigenvalue weighted by Gasteiger charge is -2.06.